The summed E-state index contributed by atoms with van der Waals surface area (Å²) in [6, 6.07) is 16.6. The number of rotatable bonds is 8. The van der Waals surface area contributed by atoms with E-state index in [4.69, 9.17) is 4.74 Å². The molecule has 188 valence electrons. The fraction of sp³-hybridized carbons (Fsp3) is 0.357. The van der Waals surface area contributed by atoms with Crippen molar-refractivity contribution >= 4 is 8.07 Å². The van der Waals surface area contributed by atoms with Gasteiger partial charge in [-0.15, -0.1) is 0 Å². The van der Waals surface area contributed by atoms with Gasteiger partial charge in [0.1, 0.15) is 0 Å². The number of hydrogen-bond acceptors (Lipinski definition) is 6. The summed E-state index contributed by atoms with van der Waals surface area (Å²) in [5.74, 6) is 6.07. The van der Waals surface area contributed by atoms with Crippen molar-refractivity contribution in [3.8, 4) is 17.6 Å². The van der Waals surface area contributed by atoms with Gasteiger partial charge >= 0.3 is 0 Å². The third-order valence-electron chi connectivity index (χ3n) is 6.15. The van der Waals surface area contributed by atoms with Gasteiger partial charge in [-0.3, -0.25) is 14.8 Å². The van der Waals surface area contributed by atoms with E-state index in [1.165, 1.54) is 11.9 Å². The van der Waals surface area contributed by atoms with Gasteiger partial charge in [0.05, 0.1) is 25.2 Å². The van der Waals surface area contributed by atoms with E-state index in [2.05, 4.69) is 69.4 Å². The number of benzene rings is 2. The minimum Gasteiger partial charge on any atom is -0.502 e. The third kappa shape index (κ3) is 7.49. The van der Waals surface area contributed by atoms with Gasteiger partial charge in [-0.1, -0.05) is 36.1 Å². The molecular weight excluding hydrogens is 471 g/mol. The SMILES string of the molecule is CP(C)NCC(Cc1ccc(C#Cc2ccc(CN3CCOCC3)cc2)cc1)c1nc[nH]c(=O)c1O. The number of nitrogens with zero attached hydrogens (tertiary/aromatic N) is 2. The van der Waals surface area contributed by atoms with Gasteiger partial charge in [0.25, 0.3) is 5.56 Å². The summed E-state index contributed by atoms with van der Waals surface area (Å²) in [4.78, 5) is 21.0. The average Bonchev–Trinajstić information content (AvgIpc) is 2.89. The molecule has 7 nitrogen and oxygen atoms in total. The Balaban J connectivity index is 1.40. The van der Waals surface area contributed by atoms with Crippen LogP contribution in [0.25, 0.3) is 0 Å². The van der Waals surface area contributed by atoms with Crippen LogP contribution in [-0.2, 0) is 17.7 Å². The predicted octanol–water partition coefficient (Wildman–Crippen LogP) is 3.28. The monoisotopic (exact) mass is 504 g/mol. The van der Waals surface area contributed by atoms with E-state index in [1.54, 1.807) is 0 Å². The lowest BCUT2D eigenvalue weighted by Gasteiger charge is -2.26. The van der Waals surface area contributed by atoms with Crippen LogP contribution in [0.2, 0.25) is 0 Å². The van der Waals surface area contributed by atoms with Gasteiger partial charge in [-0.2, -0.15) is 0 Å². The molecule has 2 aromatic carbocycles. The quantitative estimate of drug-likeness (QED) is 0.322. The zero-order valence-corrected chi connectivity index (χ0v) is 21.7. The first-order valence-electron chi connectivity index (χ1n) is 12.2. The lowest BCUT2D eigenvalue weighted by atomic mass is 9.95. The molecule has 4 rings (SSSR count). The van der Waals surface area contributed by atoms with Gasteiger partial charge in [0, 0.05) is 43.2 Å². The Kier molecular flexibility index (Phi) is 9.27. The minimum atomic E-state index is -0.514. The fourth-order valence-electron chi connectivity index (χ4n) is 4.13. The first-order valence-corrected chi connectivity index (χ1v) is 14.4. The Labute approximate surface area is 213 Å². The van der Waals surface area contributed by atoms with Crippen molar-refractivity contribution in [3.63, 3.8) is 0 Å². The zero-order chi connectivity index (χ0) is 25.3. The molecule has 0 saturated carbocycles. The Morgan fingerprint density at radius 2 is 1.67 bits per heavy atom. The maximum absolute atomic E-state index is 11.9. The summed E-state index contributed by atoms with van der Waals surface area (Å²) >= 11 is 0. The van der Waals surface area contributed by atoms with Crippen LogP contribution >= 0.6 is 8.07 Å². The number of hydrogen-bond donors (Lipinski definition) is 3. The Hall–Kier alpha value is -3.01. The number of H-pyrrole nitrogens is 1. The number of aromatic nitrogens is 2. The van der Waals surface area contributed by atoms with E-state index < -0.39 is 5.56 Å². The number of nitrogens with one attached hydrogen (secondary N) is 2. The lowest BCUT2D eigenvalue weighted by Crippen LogP contribution is -2.35. The molecular formula is C28H33N4O3P. The number of ether oxygens (including phenoxy) is 1. The Morgan fingerprint density at radius 1 is 1.06 bits per heavy atom. The number of aromatic hydroxyl groups is 1. The maximum atomic E-state index is 11.9. The van der Waals surface area contributed by atoms with Crippen LogP contribution in [0.4, 0.5) is 0 Å². The summed E-state index contributed by atoms with van der Waals surface area (Å²) in [5, 5.41) is 13.7. The van der Waals surface area contributed by atoms with Gasteiger partial charge in [0.15, 0.2) is 0 Å². The zero-order valence-electron chi connectivity index (χ0n) is 20.8. The Bertz CT molecular complexity index is 1240. The van der Waals surface area contributed by atoms with E-state index in [-0.39, 0.29) is 19.7 Å². The van der Waals surface area contributed by atoms with E-state index in [0.29, 0.717) is 18.7 Å². The van der Waals surface area contributed by atoms with Crippen LogP contribution in [0.3, 0.4) is 0 Å². The lowest BCUT2D eigenvalue weighted by molar-refractivity contribution is 0.0342. The number of morpholine rings is 1. The largest absolute Gasteiger partial charge is 0.502 e. The molecule has 1 aliphatic heterocycles. The third-order valence-corrected chi connectivity index (χ3v) is 6.96. The predicted molar refractivity (Wildman–Crippen MR) is 145 cm³/mol. The molecule has 1 aromatic heterocycles. The molecule has 36 heavy (non-hydrogen) atoms. The molecule has 1 fully saturated rings. The summed E-state index contributed by atoms with van der Waals surface area (Å²) in [7, 11) is -0.326. The highest BCUT2D eigenvalue weighted by Gasteiger charge is 2.20. The van der Waals surface area contributed by atoms with E-state index in [1.807, 2.05) is 24.3 Å². The average molecular weight is 505 g/mol. The van der Waals surface area contributed by atoms with Crippen LogP contribution in [-0.4, -0.2) is 66.2 Å². The second kappa shape index (κ2) is 12.8. The normalized spacial score (nSPS) is 14.9. The standard InChI is InChI=1S/C28H33N4O3P/c1-36(2)31-18-25(26-27(33)28(34)30-20-29-26)17-23-9-5-21(6-10-23)3-4-22-7-11-24(12-8-22)19-32-13-15-35-16-14-32/h5-12,20,25,31,33H,13-19H2,1-2H3,(H,29,30,34). The topological polar surface area (TPSA) is 90.5 Å². The summed E-state index contributed by atoms with van der Waals surface area (Å²) in [6.07, 6.45) is 2.00. The van der Waals surface area contributed by atoms with E-state index >= 15 is 0 Å². The van der Waals surface area contributed by atoms with Crippen molar-refractivity contribution < 1.29 is 9.84 Å². The van der Waals surface area contributed by atoms with Crippen molar-refractivity contribution in [2.75, 3.05) is 46.2 Å². The highest BCUT2D eigenvalue weighted by atomic mass is 31.1. The van der Waals surface area contributed by atoms with Crippen LogP contribution in [0.1, 0.15) is 33.9 Å². The molecule has 0 spiro atoms. The molecule has 0 amide bonds. The van der Waals surface area contributed by atoms with Gasteiger partial charge in [0.2, 0.25) is 5.75 Å². The first kappa shape index (κ1) is 26.1. The van der Waals surface area contributed by atoms with Gasteiger partial charge in [-0.05, 0) is 63.2 Å². The van der Waals surface area contributed by atoms with E-state index in [0.717, 1.165) is 49.5 Å². The molecule has 1 saturated heterocycles. The van der Waals surface area contributed by atoms with Crippen molar-refractivity contribution in [1.82, 2.24) is 20.0 Å². The molecule has 0 aliphatic carbocycles. The molecule has 2 heterocycles. The van der Waals surface area contributed by atoms with Crippen molar-refractivity contribution in [2.24, 2.45) is 0 Å². The second-order valence-electron chi connectivity index (χ2n) is 9.16. The van der Waals surface area contributed by atoms with Gasteiger partial charge < -0.3 is 14.8 Å². The van der Waals surface area contributed by atoms with Crippen LogP contribution in [0.15, 0.2) is 59.7 Å². The highest BCUT2D eigenvalue weighted by Crippen LogP contribution is 2.27. The van der Waals surface area contributed by atoms with Crippen molar-refractivity contribution in [1.29, 1.82) is 0 Å². The van der Waals surface area contributed by atoms with Crippen LogP contribution in [0.5, 0.6) is 5.75 Å². The summed E-state index contributed by atoms with van der Waals surface area (Å²) in [6.45, 7) is 9.41. The minimum absolute atomic E-state index is 0.120. The van der Waals surface area contributed by atoms with Crippen molar-refractivity contribution in [2.45, 2.75) is 18.9 Å². The molecule has 0 radical (unpaired) electrons. The summed E-state index contributed by atoms with van der Waals surface area (Å²) in [5.41, 5.74) is 4.22. The Morgan fingerprint density at radius 3 is 2.28 bits per heavy atom. The molecule has 3 N–H and O–H groups in total. The highest BCUT2D eigenvalue weighted by molar-refractivity contribution is 7.53. The second-order valence-corrected chi connectivity index (χ2v) is 11.3. The molecule has 1 unspecified atom stereocenters. The first-order chi connectivity index (χ1) is 17.5. The van der Waals surface area contributed by atoms with Crippen molar-refractivity contribution in [3.05, 3.63) is 93.2 Å². The molecule has 1 atom stereocenters. The summed E-state index contributed by atoms with van der Waals surface area (Å²) < 4.78 is 5.42. The molecule has 1 aliphatic rings. The fourth-order valence-corrected chi connectivity index (χ4v) is 4.71. The van der Waals surface area contributed by atoms with E-state index in [9.17, 15) is 9.90 Å². The molecule has 8 heteroatoms. The smallest absolute Gasteiger partial charge is 0.293 e. The number of aromatic amines is 1. The molecule has 0 bridgehead atoms. The maximum Gasteiger partial charge on any atom is 0.293 e. The molecule has 3 aromatic rings. The van der Waals surface area contributed by atoms with Crippen LogP contribution in [0, 0.1) is 11.8 Å². The van der Waals surface area contributed by atoms with Gasteiger partial charge in [-0.25, -0.2) is 4.98 Å². The van der Waals surface area contributed by atoms with Crippen LogP contribution < -0.4 is 10.6 Å².